The first-order valence-electron chi connectivity index (χ1n) is 9.83. The predicted octanol–water partition coefficient (Wildman–Crippen LogP) is 4.19. The third-order valence-electron chi connectivity index (χ3n) is 5.04. The summed E-state index contributed by atoms with van der Waals surface area (Å²) in [6.07, 6.45) is 1.70. The molecular weight excluding hydrogens is 426 g/mol. The molecule has 0 radical (unpaired) electrons. The van der Waals surface area contributed by atoms with Gasteiger partial charge in [0.2, 0.25) is 0 Å². The number of nitrogens with zero attached hydrogens (tertiary/aromatic N) is 3. The average molecular weight is 443 g/mol. The first-order valence-corrected chi connectivity index (χ1v) is 10.8. The van der Waals surface area contributed by atoms with Crippen LogP contribution in [0.3, 0.4) is 0 Å². The molecule has 158 valence electrons. The van der Waals surface area contributed by atoms with Crippen LogP contribution in [0.1, 0.15) is 11.1 Å². The van der Waals surface area contributed by atoms with E-state index in [4.69, 9.17) is 9.40 Å². The third-order valence-corrected chi connectivity index (χ3v) is 6.03. The van der Waals surface area contributed by atoms with Crippen LogP contribution in [0.25, 0.3) is 27.7 Å². The summed E-state index contributed by atoms with van der Waals surface area (Å²) in [6.45, 7) is 1.93. The Morgan fingerprint density at radius 1 is 1.03 bits per heavy atom. The second-order valence-electron chi connectivity index (χ2n) is 7.31. The SMILES string of the molecule is Cc1ccc(-n2c(SCc3cc(=O)oc4cc(O)ccc34)nc3ccccc3c2=O)nc1. The highest BCUT2D eigenvalue weighted by Gasteiger charge is 2.15. The van der Waals surface area contributed by atoms with Crippen molar-refractivity contribution in [3.63, 3.8) is 0 Å². The molecule has 5 rings (SSSR count). The van der Waals surface area contributed by atoms with Crippen molar-refractivity contribution < 1.29 is 9.52 Å². The van der Waals surface area contributed by atoms with Crippen molar-refractivity contribution in [2.75, 3.05) is 0 Å². The Morgan fingerprint density at radius 2 is 1.88 bits per heavy atom. The predicted molar refractivity (Wildman–Crippen MR) is 124 cm³/mol. The van der Waals surface area contributed by atoms with Crippen molar-refractivity contribution in [1.82, 2.24) is 14.5 Å². The molecule has 0 aliphatic carbocycles. The zero-order valence-electron chi connectivity index (χ0n) is 17.0. The minimum absolute atomic E-state index is 0.0148. The smallest absolute Gasteiger partial charge is 0.336 e. The van der Waals surface area contributed by atoms with Crippen molar-refractivity contribution in [2.45, 2.75) is 17.8 Å². The molecule has 32 heavy (non-hydrogen) atoms. The van der Waals surface area contributed by atoms with Crippen LogP contribution in [0, 0.1) is 6.92 Å². The van der Waals surface area contributed by atoms with Gasteiger partial charge >= 0.3 is 5.63 Å². The molecule has 3 aromatic heterocycles. The molecule has 3 heterocycles. The number of para-hydroxylation sites is 1. The lowest BCUT2D eigenvalue weighted by atomic mass is 10.1. The minimum Gasteiger partial charge on any atom is -0.508 e. The number of aromatic nitrogens is 3. The number of benzene rings is 2. The minimum atomic E-state index is -0.511. The van der Waals surface area contributed by atoms with E-state index in [-0.39, 0.29) is 11.3 Å². The molecule has 5 aromatic rings. The summed E-state index contributed by atoms with van der Waals surface area (Å²) in [5, 5.41) is 11.4. The molecule has 0 aliphatic heterocycles. The quantitative estimate of drug-likeness (QED) is 0.253. The van der Waals surface area contributed by atoms with Gasteiger partial charge in [-0.15, -0.1) is 0 Å². The molecule has 0 spiro atoms. The van der Waals surface area contributed by atoms with Crippen LogP contribution in [-0.4, -0.2) is 19.6 Å². The van der Waals surface area contributed by atoms with Crippen molar-refractivity contribution >= 4 is 33.6 Å². The zero-order chi connectivity index (χ0) is 22.2. The number of aryl methyl sites for hydroxylation is 1. The standard InChI is InChI=1S/C24H17N3O4S/c1-14-6-9-21(25-12-14)27-23(30)18-4-2-3-5-19(18)26-24(27)32-13-15-10-22(29)31-20-11-16(28)7-8-17(15)20/h2-12,28H,13H2,1H3. The molecule has 0 aliphatic rings. The number of fused-ring (bicyclic) bond motifs is 2. The van der Waals surface area contributed by atoms with Crippen LogP contribution in [0.15, 0.2) is 86.0 Å². The molecule has 0 bridgehead atoms. The van der Waals surface area contributed by atoms with E-state index in [2.05, 4.69) is 4.98 Å². The Kier molecular flexibility index (Phi) is 4.99. The number of aromatic hydroxyl groups is 1. The molecule has 2 aromatic carbocycles. The Balaban J connectivity index is 1.64. The van der Waals surface area contributed by atoms with Gasteiger partial charge in [-0.25, -0.2) is 19.3 Å². The van der Waals surface area contributed by atoms with Crippen molar-refractivity contribution in [1.29, 1.82) is 0 Å². The van der Waals surface area contributed by atoms with E-state index in [0.717, 1.165) is 5.56 Å². The van der Waals surface area contributed by atoms with Crippen molar-refractivity contribution in [3.8, 4) is 11.6 Å². The van der Waals surface area contributed by atoms with E-state index >= 15 is 0 Å². The topological polar surface area (TPSA) is 98.2 Å². The lowest BCUT2D eigenvalue weighted by Gasteiger charge is -2.13. The maximum Gasteiger partial charge on any atom is 0.336 e. The monoisotopic (exact) mass is 443 g/mol. The molecule has 0 amide bonds. The van der Waals surface area contributed by atoms with E-state index in [9.17, 15) is 14.7 Å². The molecule has 0 unspecified atom stereocenters. The number of hydrogen-bond donors (Lipinski definition) is 1. The summed E-state index contributed by atoms with van der Waals surface area (Å²) in [7, 11) is 0. The molecule has 0 saturated carbocycles. The number of phenolic OH excluding ortho intramolecular Hbond substituents is 1. The average Bonchev–Trinajstić information content (AvgIpc) is 2.78. The summed E-state index contributed by atoms with van der Waals surface area (Å²) in [5.74, 6) is 0.855. The zero-order valence-corrected chi connectivity index (χ0v) is 17.8. The van der Waals surface area contributed by atoms with Crippen molar-refractivity contribution in [3.05, 3.63) is 98.8 Å². The number of thioether (sulfide) groups is 1. The fraction of sp³-hybridized carbons (Fsp3) is 0.0833. The van der Waals surface area contributed by atoms with Gasteiger partial charge in [-0.05, 0) is 48.4 Å². The molecule has 0 fully saturated rings. The third kappa shape index (κ3) is 3.65. The lowest BCUT2D eigenvalue weighted by Crippen LogP contribution is -2.22. The summed E-state index contributed by atoms with van der Waals surface area (Å²) >= 11 is 1.32. The number of rotatable bonds is 4. The summed E-state index contributed by atoms with van der Waals surface area (Å²) < 4.78 is 6.70. The van der Waals surface area contributed by atoms with E-state index < -0.39 is 5.63 Å². The van der Waals surface area contributed by atoms with Crippen LogP contribution < -0.4 is 11.2 Å². The molecule has 8 heteroatoms. The summed E-state index contributed by atoms with van der Waals surface area (Å²) in [5.41, 5.74) is 1.87. The van der Waals surface area contributed by atoms with E-state index in [0.29, 0.717) is 44.2 Å². The van der Waals surface area contributed by atoms with E-state index in [1.807, 2.05) is 19.1 Å². The number of phenols is 1. The first kappa shape index (κ1) is 20.0. The normalized spacial score (nSPS) is 11.3. The van der Waals surface area contributed by atoms with Gasteiger partial charge in [-0.3, -0.25) is 4.79 Å². The van der Waals surface area contributed by atoms with Gasteiger partial charge < -0.3 is 9.52 Å². The second kappa shape index (κ2) is 7.97. The maximum atomic E-state index is 13.3. The summed E-state index contributed by atoms with van der Waals surface area (Å²) in [4.78, 5) is 34.5. The van der Waals surface area contributed by atoms with Gasteiger partial charge in [0.15, 0.2) is 5.16 Å². The highest BCUT2D eigenvalue weighted by molar-refractivity contribution is 7.98. The van der Waals surface area contributed by atoms with Gasteiger partial charge in [0, 0.05) is 29.5 Å². The maximum absolute atomic E-state index is 13.3. The summed E-state index contributed by atoms with van der Waals surface area (Å²) in [6, 6.07) is 16.9. The van der Waals surface area contributed by atoms with E-state index in [1.165, 1.54) is 34.5 Å². The highest BCUT2D eigenvalue weighted by atomic mass is 32.2. The molecule has 0 atom stereocenters. The van der Waals surface area contributed by atoms with Crippen LogP contribution >= 0.6 is 11.8 Å². The molecule has 7 nitrogen and oxygen atoms in total. The van der Waals surface area contributed by atoms with Crippen LogP contribution in [-0.2, 0) is 5.75 Å². The Labute approximate surface area is 186 Å². The van der Waals surface area contributed by atoms with Gasteiger partial charge in [-0.2, -0.15) is 0 Å². The largest absolute Gasteiger partial charge is 0.508 e. The van der Waals surface area contributed by atoms with Crippen LogP contribution in [0.2, 0.25) is 0 Å². The van der Waals surface area contributed by atoms with Crippen LogP contribution in [0.4, 0.5) is 0 Å². The fourth-order valence-corrected chi connectivity index (χ4v) is 4.48. The second-order valence-corrected chi connectivity index (χ2v) is 8.25. The van der Waals surface area contributed by atoms with E-state index in [1.54, 1.807) is 36.5 Å². The Morgan fingerprint density at radius 3 is 2.69 bits per heavy atom. The number of hydrogen-bond acceptors (Lipinski definition) is 7. The Bertz CT molecular complexity index is 1590. The van der Waals surface area contributed by atoms with Gasteiger partial charge in [0.1, 0.15) is 17.2 Å². The molecule has 0 saturated heterocycles. The lowest BCUT2D eigenvalue weighted by molar-refractivity contribution is 0.473. The molecular formula is C24H17N3O4S. The fourth-order valence-electron chi connectivity index (χ4n) is 3.48. The highest BCUT2D eigenvalue weighted by Crippen LogP contribution is 2.28. The van der Waals surface area contributed by atoms with Crippen LogP contribution in [0.5, 0.6) is 5.75 Å². The van der Waals surface area contributed by atoms with Gasteiger partial charge in [0.25, 0.3) is 5.56 Å². The molecule has 1 N–H and O–H groups in total. The number of pyridine rings is 1. The first-order chi connectivity index (χ1) is 15.5. The Hall–Kier alpha value is -3.91. The van der Waals surface area contributed by atoms with Crippen molar-refractivity contribution in [2.24, 2.45) is 0 Å². The van der Waals surface area contributed by atoms with Gasteiger partial charge in [0.05, 0.1) is 10.9 Å². The van der Waals surface area contributed by atoms with Gasteiger partial charge in [-0.1, -0.05) is 30.0 Å².